The van der Waals surface area contributed by atoms with Gasteiger partial charge >= 0.3 is 0 Å². The summed E-state index contributed by atoms with van der Waals surface area (Å²) >= 11 is 0. The summed E-state index contributed by atoms with van der Waals surface area (Å²) in [6.07, 6.45) is 1.78. The average molecular weight is 253 g/mol. The molecule has 1 aliphatic heterocycles. The molecule has 0 amide bonds. The molecule has 1 saturated heterocycles. The number of aliphatic hydroxyl groups is 1. The van der Waals surface area contributed by atoms with Gasteiger partial charge < -0.3 is 15.2 Å². The summed E-state index contributed by atoms with van der Waals surface area (Å²) in [5, 5.41) is 13.4. The second-order valence-electron chi connectivity index (χ2n) is 4.79. The van der Waals surface area contributed by atoms with E-state index in [2.05, 4.69) is 5.32 Å². The number of piperidine rings is 1. The molecular formula is C14H20FNO2. The molecule has 4 heteroatoms. The molecule has 1 fully saturated rings. The Kier molecular flexibility index (Phi) is 4.55. The van der Waals surface area contributed by atoms with Gasteiger partial charge in [-0.3, -0.25) is 0 Å². The minimum absolute atomic E-state index is 0.241. The molecule has 1 heterocycles. The zero-order chi connectivity index (χ0) is 13.0. The molecule has 18 heavy (non-hydrogen) atoms. The molecule has 0 spiro atoms. The fourth-order valence-electron chi connectivity index (χ4n) is 2.49. The molecular weight excluding hydrogens is 233 g/mol. The van der Waals surface area contributed by atoms with Gasteiger partial charge in [-0.2, -0.15) is 0 Å². The summed E-state index contributed by atoms with van der Waals surface area (Å²) < 4.78 is 18.9. The zero-order valence-corrected chi connectivity index (χ0v) is 10.7. The first kappa shape index (κ1) is 13.3. The van der Waals surface area contributed by atoms with Crippen molar-refractivity contribution in [3.05, 3.63) is 29.6 Å². The van der Waals surface area contributed by atoms with Crippen molar-refractivity contribution in [2.45, 2.75) is 25.4 Å². The molecule has 1 aromatic rings. The third-order valence-electron chi connectivity index (χ3n) is 3.62. The molecule has 1 aromatic carbocycles. The van der Waals surface area contributed by atoms with Gasteiger partial charge in [0.05, 0.1) is 13.2 Å². The summed E-state index contributed by atoms with van der Waals surface area (Å²) in [4.78, 5) is 0. The third-order valence-corrected chi connectivity index (χ3v) is 3.62. The average Bonchev–Trinajstić information content (AvgIpc) is 2.42. The molecule has 3 nitrogen and oxygen atoms in total. The second-order valence-corrected chi connectivity index (χ2v) is 4.79. The quantitative estimate of drug-likeness (QED) is 0.858. The van der Waals surface area contributed by atoms with Crippen LogP contribution in [0.2, 0.25) is 0 Å². The van der Waals surface area contributed by atoms with Crippen molar-refractivity contribution in [3.8, 4) is 5.75 Å². The van der Waals surface area contributed by atoms with Crippen LogP contribution in [0.5, 0.6) is 5.75 Å². The van der Waals surface area contributed by atoms with E-state index in [1.807, 2.05) is 0 Å². The van der Waals surface area contributed by atoms with Gasteiger partial charge in [0.25, 0.3) is 0 Å². The molecule has 1 aliphatic rings. The lowest BCUT2D eigenvalue weighted by Gasteiger charge is -2.27. The van der Waals surface area contributed by atoms with E-state index >= 15 is 0 Å². The van der Waals surface area contributed by atoms with E-state index in [1.165, 1.54) is 7.11 Å². The molecule has 2 N–H and O–H groups in total. The van der Waals surface area contributed by atoms with Crippen LogP contribution in [0.3, 0.4) is 0 Å². The van der Waals surface area contributed by atoms with E-state index in [0.29, 0.717) is 12.0 Å². The Bertz CT molecular complexity index is 391. The first-order valence-corrected chi connectivity index (χ1v) is 6.42. The van der Waals surface area contributed by atoms with Gasteiger partial charge in [-0.25, -0.2) is 4.39 Å². The van der Waals surface area contributed by atoms with Gasteiger partial charge in [0.2, 0.25) is 0 Å². The summed E-state index contributed by atoms with van der Waals surface area (Å²) in [7, 11) is 1.45. The zero-order valence-electron chi connectivity index (χ0n) is 10.7. The van der Waals surface area contributed by atoms with E-state index in [-0.39, 0.29) is 17.5 Å². The van der Waals surface area contributed by atoms with Crippen LogP contribution in [0.25, 0.3) is 0 Å². The maximum Gasteiger partial charge on any atom is 0.168 e. The topological polar surface area (TPSA) is 41.5 Å². The van der Waals surface area contributed by atoms with Crippen LogP contribution >= 0.6 is 0 Å². The summed E-state index contributed by atoms with van der Waals surface area (Å²) in [6, 6.07) is 5.06. The van der Waals surface area contributed by atoms with Crippen LogP contribution in [0.4, 0.5) is 4.39 Å². The van der Waals surface area contributed by atoms with Crippen molar-refractivity contribution in [2.75, 3.05) is 20.2 Å². The lowest BCUT2D eigenvalue weighted by molar-refractivity contribution is 0.0882. The number of halogens is 1. The van der Waals surface area contributed by atoms with Gasteiger partial charge in [0.15, 0.2) is 11.6 Å². The lowest BCUT2D eigenvalue weighted by atomic mass is 9.88. The van der Waals surface area contributed by atoms with Gasteiger partial charge in [-0.1, -0.05) is 12.1 Å². The Morgan fingerprint density at radius 2 is 2.17 bits per heavy atom. The fraction of sp³-hybridized carbons (Fsp3) is 0.571. The number of hydrogen-bond acceptors (Lipinski definition) is 3. The molecule has 0 saturated carbocycles. The first-order valence-electron chi connectivity index (χ1n) is 6.42. The van der Waals surface area contributed by atoms with Crippen LogP contribution in [-0.4, -0.2) is 31.4 Å². The maximum absolute atomic E-state index is 14.0. The predicted molar refractivity (Wildman–Crippen MR) is 68.3 cm³/mol. The van der Waals surface area contributed by atoms with E-state index in [4.69, 9.17) is 4.74 Å². The van der Waals surface area contributed by atoms with Gasteiger partial charge in [0.1, 0.15) is 0 Å². The minimum atomic E-state index is -0.478. The minimum Gasteiger partial charge on any atom is -0.494 e. The predicted octanol–water partition coefficient (Wildman–Crippen LogP) is 1.74. The monoisotopic (exact) mass is 253 g/mol. The normalized spacial score (nSPS) is 18.6. The van der Waals surface area contributed by atoms with Crippen LogP contribution in [0.15, 0.2) is 18.2 Å². The number of hydrogen-bond donors (Lipinski definition) is 2. The molecule has 0 aliphatic carbocycles. The number of rotatable bonds is 4. The van der Waals surface area contributed by atoms with E-state index in [9.17, 15) is 9.50 Å². The summed E-state index contributed by atoms with van der Waals surface area (Å²) in [5.74, 6) is 0.148. The number of benzene rings is 1. The highest BCUT2D eigenvalue weighted by molar-refractivity contribution is 5.31. The first-order chi connectivity index (χ1) is 8.72. The smallest absolute Gasteiger partial charge is 0.168 e. The van der Waals surface area contributed by atoms with Crippen LogP contribution in [-0.2, 0) is 6.42 Å². The van der Waals surface area contributed by atoms with Crippen molar-refractivity contribution in [3.63, 3.8) is 0 Å². The molecule has 100 valence electrons. The Morgan fingerprint density at radius 3 is 2.83 bits per heavy atom. The Labute approximate surface area is 107 Å². The van der Waals surface area contributed by atoms with Crippen molar-refractivity contribution in [1.82, 2.24) is 5.32 Å². The number of ether oxygens (including phenoxy) is 1. The molecule has 0 aromatic heterocycles. The largest absolute Gasteiger partial charge is 0.494 e. The van der Waals surface area contributed by atoms with E-state index in [1.54, 1.807) is 18.2 Å². The van der Waals surface area contributed by atoms with E-state index < -0.39 is 6.10 Å². The van der Waals surface area contributed by atoms with Gasteiger partial charge in [-0.15, -0.1) is 0 Å². The third kappa shape index (κ3) is 3.00. The summed E-state index contributed by atoms with van der Waals surface area (Å²) in [6.45, 7) is 1.87. The Morgan fingerprint density at radius 1 is 1.44 bits per heavy atom. The SMILES string of the molecule is COc1cccc(CC(O)C2CCNCC2)c1F. The maximum atomic E-state index is 14.0. The van der Waals surface area contributed by atoms with Crippen molar-refractivity contribution >= 4 is 0 Å². The highest BCUT2D eigenvalue weighted by Gasteiger charge is 2.23. The van der Waals surface area contributed by atoms with Crippen LogP contribution < -0.4 is 10.1 Å². The lowest BCUT2D eigenvalue weighted by Crippen LogP contribution is -2.35. The Hall–Kier alpha value is -1.13. The standard InChI is InChI=1S/C14H20FNO2/c1-18-13-4-2-3-11(14(13)15)9-12(17)10-5-7-16-8-6-10/h2-4,10,12,16-17H,5-9H2,1H3. The highest BCUT2D eigenvalue weighted by Crippen LogP contribution is 2.24. The molecule has 1 unspecified atom stereocenters. The van der Waals surface area contributed by atoms with Gasteiger partial charge in [-0.05, 0) is 43.5 Å². The molecule has 0 radical (unpaired) electrons. The fourth-order valence-corrected chi connectivity index (χ4v) is 2.49. The molecule has 0 bridgehead atoms. The Balaban J connectivity index is 2.04. The number of methoxy groups -OCH3 is 1. The summed E-state index contributed by atoms with van der Waals surface area (Å²) in [5.41, 5.74) is 0.528. The number of aliphatic hydroxyl groups excluding tert-OH is 1. The highest BCUT2D eigenvalue weighted by atomic mass is 19.1. The number of nitrogens with one attached hydrogen (secondary N) is 1. The molecule has 1 atom stereocenters. The molecule has 2 rings (SSSR count). The van der Waals surface area contributed by atoms with Crippen molar-refractivity contribution in [2.24, 2.45) is 5.92 Å². The van der Waals surface area contributed by atoms with E-state index in [0.717, 1.165) is 25.9 Å². The van der Waals surface area contributed by atoms with Gasteiger partial charge in [0, 0.05) is 6.42 Å². The van der Waals surface area contributed by atoms with Crippen LogP contribution in [0.1, 0.15) is 18.4 Å². The van der Waals surface area contributed by atoms with Crippen LogP contribution in [0, 0.1) is 11.7 Å². The van der Waals surface area contributed by atoms with Crippen molar-refractivity contribution < 1.29 is 14.2 Å². The van der Waals surface area contributed by atoms with Crippen molar-refractivity contribution in [1.29, 1.82) is 0 Å². The second kappa shape index (κ2) is 6.16.